The molecule has 1 aliphatic rings. The molecule has 3 heterocycles. The molecule has 0 atom stereocenters. The number of hydrogen-bond donors (Lipinski definition) is 1. The molecule has 2 aromatic heterocycles. The van der Waals surface area contributed by atoms with E-state index >= 15 is 0 Å². The number of likely N-dealkylation sites (tertiary alicyclic amines) is 1. The predicted octanol–water partition coefficient (Wildman–Crippen LogP) is 3.51. The SMILES string of the molecule is Cc1cccc(-c2ncc(C(=O)NCc3ccco3)c(N(C)C3CCN(C)CC3)n2)c1. The van der Waals surface area contributed by atoms with Gasteiger partial charge in [0.05, 0.1) is 12.8 Å². The molecule has 4 rings (SSSR count). The lowest BCUT2D eigenvalue weighted by Crippen LogP contribution is -2.43. The minimum absolute atomic E-state index is 0.207. The number of aromatic nitrogens is 2. The van der Waals surface area contributed by atoms with Gasteiger partial charge >= 0.3 is 0 Å². The Bertz CT molecular complexity index is 1030. The summed E-state index contributed by atoms with van der Waals surface area (Å²) in [5.74, 6) is 1.79. The second-order valence-corrected chi connectivity index (χ2v) is 8.21. The van der Waals surface area contributed by atoms with E-state index in [-0.39, 0.29) is 5.91 Å². The van der Waals surface area contributed by atoms with E-state index in [9.17, 15) is 4.79 Å². The van der Waals surface area contributed by atoms with Gasteiger partial charge in [0.1, 0.15) is 17.1 Å². The fraction of sp³-hybridized carbons (Fsp3) is 0.375. The van der Waals surface area contributed by atoms with Crippen LogP contribution in [0.2, 0.25) is 0 Å². The van der Waals surface area contributed by atoms with Gasteiger partial charge in [0.25, 0.3) is 5.91 Å². The van der Waals surface area contributed by atoms with Crippen molar-refractivity contribution in [3.05, 3.63) is 65.7 Å². The summed E-state index contributed by atoms with van der Waals surface area (Å²) in [5, 5.41) is 2.93. The summed E-state index contributed by atoms with van der Waals surface area (Å²) >= 11 is 0. The van der Waals surface area contributed by atoms with Crippen molar-refractivity contribution in [3.63, 3.8) is 0 Å². The van der Waals surface area contributed by atoms with E-state index in [0.29, 0.717) is 35.6 Å². The smallest absolute Gasteiger partial charge is 0.256 e. The summed E-state index contributed by atoms with van der Waals surface area (Å²) < 4.78 is 5.33. The van der Waals surface area contributed by atoms with Crippen LogP contribution in [0.5, 0.6) is 0 Å². The average Bonchev–Trinajstić information content (AvgIpc) is 3.31. The first-order valence-corrected chi connectivity index (χ1v) is 10.7. The lowest BCUT2D eigenvalue weighted by atomic mass is 10.0. The van der Waals surface area contributed by atoms with Crippen molar-refractivity contribution in [3.8, 4) is 11.4 Å². The van der Waals surface area contributed by atoms with Gasteiger partial charge in [0.15, 0.2) is 5.82 Å². The van der Waals surface area contributed by atoms with E-state index in [2.05, 4.69) is 33.2 Å². The van der Waals surface area contributed by atoms with Crippen molar-refractivity contribution in [2.75, 3.05) is 32.1 Å². The van der Waals surface area contributed by atoms with Crippen LogP contribution in [-0.2, 0) is 6.54 Å². The zero-order chi connectivity index (χ0) is 21.8. The van der Waals surface area contributed by atoms with Crippen LogP contribution in [-0.4, -0.2) is 54.0 Å². The third kappa shape index (κ3) is 4.94. The van der Waals surface area contributed by atoms with Crippen molar-refractivity contribution in [2.24, 2.45) is 0 Å². The van der Waals surface area contributed by atoms with Crippen LogP contribution in [0, 0.1) is 6.92 Å². The van der Waals surface area contributed by atoms with Gasteiger partial charge in [-0.1, -0.05) is 23.8 Å². The van der Waals surface area contributed by atoms with Crippen molar-refractivity contribution in [2.45, 2.75) is 32.4 Å². The highest BCUT2D eigenvalue weighted by Gasteiger charge is 2.26. The molecule has 0 bridgehead atoms. The number of nitrogens with zero attached hydrogens (tertiary/aromatic N) is 4. The van der Waals surface area contributed by atoms with Crippen LogP contribution in [0.3, 0.4) is 0 Å². The number of hydrogen-bond acceptors (Lipinski definition) is 6. The topological polar surface area (TPSA) is 74.5 Å². The molecule has 1 aromatic carbocycles. The van der Waals surface area contributed by atoms with Crippen molar-refractivity contribution in [1.29, 1.82) is 0 Å². The molecule has 0 spiro atoms. The highest BCUT2D eigenvalue weighted by atomic mass is 16.3. The summed E-state index contributed by atoms with van der Waals surface area (Å²) in [6.07, 6.45) is 5.30. The number of carbonyl (C=O) groups excluding carboxylic acids is 1. The van der Waals surface area contributed by atoms with Gasteiger partial charge in [-0.15, -0.1) is 0 Å². The van der Waals surface area contributed by atoms with Crippen LogP contribution in [0.4, 0.5) is 5.82 Å². The Balaban J connectivity index is 1.64. The summed E-state index contributed by atoms with van der Waals surface area (Å²) in [6.45, 7) is 4.43. The Kier molecular flexibility index (Phi) is 6.32. The van der Waals surface area contributed by atoms with E-state index in [1.54, 1.807) is 18.5 Å². The third-order valence-electron chi connectivity index (χ3n) is 5.86. The molecule has 0 saturated carbocycles. The predicted molar refractivity (Wildman–Crippen MR) is 121 cm³/mol. The lowest BCUT2D eigenvalue weighted by molar-refractivity contribution is 0.0947. The molecule has 1 fully saturated rings. The van der Waals surface area contributed by atoms with Gasteiger partial charge in [-0.2, -0.15) is 0 Å². The molecular formula is C24H29N5O2. The van der Waals surface area contributed by atoms with Crippen LogP contribution in [0.1, 0.15) is 34.5 Å². The maximum absolute atomic E-state index is 13.0. The molecule has 1 N–H and O–H groups in total. The molecule has 1 aliphatic heterocycles. The molecule has 0 aliphatic carbocycles. The summed E-state index contributed by atoms with van der Waals surface area (Å²) in [4.78, 5) is 26.9. The maximum atomic E-state index is 13.0. The van der Waals surface area contributed by atoms with Crippen LogP contribution >= 0.6 is 0 Å². The molecule has 7 heteroatoms. The number of rotatable bonds is 6. The normalized spacial score (nSPS) is 15.1. The molecule has 1 amide bonds. The van der Waals surface area contributed by atoms with Crippen LogP contribution in [0.25, 0.3) is 11.4 Å². The van der Waals surface area contributed by atoms with Crippen LogP contribution < -0.4 is 10.2 Å². The van der Waals surface area contributed by atoms with E-state index in [0.717, 1.165) is 37.1 Å². The molecule has 0 radical (unpaired) electrons. The fourth-order valence-corrected chi connectivity index (χ4v) is 3.96. The van der Waals surface area contributed by atoms with Crippen molar-refractivity contribution in [1.82, 2.24) is 20.2 Å². The first-order chi connectivity index (χ1) is 15.0. The maximum Gasteiger partial charge on any atom is 0.256 e. The van der Waals surface area contributed by atoms with Gasteiger partial charge in [-0.05, 0) is 58.1 Å². The largest absolute Gasteiger partial charge is 0.467 e. The van der Waals surface area contributed by atoms with Crippen molar-refractivity contribution < 1.29 is 9.21 Å². The lowest BCUT2D eigenvalue weighted by Gasteiger charge is -2.36. The quantitative estimate of drug-likeness (QED) is 0.659. The summed E-state index contributed by atoms with van der Waals surface area (Å²) in [6, 6.07) is 12.1. The van der Waals surface area contributed by atoms with E-state index in [1.807, 2.05) is 38.2 Å². The molecule has 0 unspecified atom stereocenters. The van der Waals surface area contributed by atoms with Gasteiger partial charge < -0.3 is 19.5 Å². The highest BCUT2D eigenvalue weighted by Crippen LogP contribution is 2.26. The third-order valence-corrected chi connectivity index (χ3v) is 5.86. The minimum atomic E-state index is -0.207. The Morgan fingerprint density at radius 1 is 1.26 bits per heavy atom. The number of piperidine rings is 1. The van der Waals surface area contributed by atoms with E-state index in [4.69, 9.17) is 9.40 Å². The van der Waals surface area contributed by atoms with Crippen LogP contribution in [0.15, 0.2) is 53.3 Å². The number of furan rings is 1. The number of anilines is 1. The molecule has 31 heavy (non-hydrogen) atoms. The number of nitrogens with one attached hydrogen (secondary N) is 1. The molecule has 1 saturated heterocycles. The van der Waals surface area contributed by atoms with Gasteiger partial charge in [0, 0.05) is 24.8 Å². The van der Waals surface area contributed by atoms with Crippen molar-refractivity contribution >= 4 is 11.7 Å². The van der Waals surface area contributed by atoms with E-state index < -0.39 is 0 Å². The molecule has 3 aromatic rings. The molecule has 162 valence electrons. The first-order valence-electron chi connectivity index (χ1n) is 10.7. The minimum Gasteiger partial charge on any atom is -0.467 e. The highest BCUT2D eigenvalue weighted by molar-refractivity contribution is 5.98. The van der Waals surface area contributed by atoms with Gasteiger partial charge in [-0.25, -0.2) is 9.97 Å². The number of benzene rings is 1. The van der Waals surface area contributed by atoms with Gasteiger partial charge in [0.2, 0.25) is 0 Å². The molecular weight excluding hydrogens is 390 g/mol. The Labute approximate surface area is 183 Å². The second-order valence-electron chi connectivity index (χ2n) is 8.21. The summed E-state index contributed by atoms with van der Waals surface area (Å²) in [5.41, 5.74) is 2.57. The first kappa shape index (κ1) is 21.1. The zero-order valence-corrected chi connectivity index (χ0v) is 18.3. The summed E-state index contributed by atoms with van der Waals surface area (Å²) in [7, 11) is 4.17. The Hall–Kier alpha value is -3.19. The Morgan fingerprint density at radius 3 is 2.77 bits per heavy atom. The fourth-order valence-electron chi connectivity index (χ4n) is 3.96. The number of amides is 1. The average molecular weight is 420 g/mol. The molecule has 7 nitrogen and oxygen atoms in total. The monoisotopic (exact) mass is 419 g/mol. The van der Waals surface area contributed by atoms with Gasteiger partial charge in [-0.3, -0.25) is 4.79 Å². The second kappa shape index (κ2) is 9.31. The zero-order valence-electron chi connectivity index (χ0n) is 18.3. The Morgan fingerprint density at radius 2 is 2.06 bits per heavy atom. The standard InChI is InChI=1S/C24H29N5O2/c1-17-6-4-7-18(14-17)22-25-16-21(24(30)26-15-20-8-5-13-31-20)23(27-22)29(3)19-9-11-28(2)12-10-19/h4-8,13-14,16,19H,9-12,15H2,1-3H3,(H,26,30). The number of aryl methyl sites for hydroxylation is 1. The van der Waals surface area contributed by atoms with E-state index in [1.165, 1.54) is 0 Å². The number of carbonyl (C=O) groups is 1.